The average Bonchev–Trinajstić information content (AvgIpc) is 2.65. The van der Waals surface area contributed by atoms with E-state index in [9.17, 15) is 0 Å². The highest BCUT2D eigenvalue weighted by Crippen LogP contribution is 1.82. The van der Waals surface area contributed by atoms with Gasteiger partial charge in [0.25, 0.3) is 0 Å². The van der Waals surface area contributed by atoms with E-state index < -0.39 is 0 Å². The quantitative estimate of drug-likeness (QED) is 0.259. The first kappa shape index (κ1) is 29.1. The number of nitrogens with one attached hydrogen (secondary N) is 2. The van der Waals surface area contributed by atoms with E-state index >= 15 is 0 Å². The zero-order chi connectivity index (χ0) is 18.1. The molecule has 3 heterocycles. The zero-order valence-electron chi connectivity index (χ0n) is 16.9. The van der Waals surface area contributed by atoms with Gasteiger partial charge in [0, 0.05) is 0 Å². The predicted molar refractivity (Wildman–Crippen MR) is 96.0 cm³/mol. The van der Waals surface area contributed by atoms with Gasteiger partial charge in [-0.25, -0.2) is 0 Å². The molecular weight excluding hydrogens is 594 g/mol. The Morgan fingerprint density at radius 3 is 0.643 bits per heavy atom. The summed E-state index contributed by atoms with van der Waals surface area (Å²) in [5, 5.41) is 0. The van der Waals surface area contributed by atoms with Crippen molar-refractivity contribution >= 4 is 0 Å². The monoisotopic (exact) mass is 632 g/mol. The normalized spacial score (nSPS) is 28.3. The first-order chi connectivity index (χ1) is 12.9. The molecule has 0 radical (unpaired) electrons. The molecule has 170 valence electrons. The number of fused-ring (bicyclic) bond motifs is 21. The van der Waals surface area contributed by atoms with Crippen LogP contribution in [0.5, 0.6) is 0 Å². The van der Waals surface area contributed by atoms with Crippen LogP contribution in [0, 0.1) is 0 Å². The third kappa shape index (κ3) is 15.9. The molecule has 0 aromatic heterocycles. The largest absolute Gasteiger partial charge is 1.00 e. The van der Waals surface area contributed by atoms with Gasteiger partial charge in [-0.05, 0) is 0 Å². The third-order valence-electron chi connectivity index (χ3n) is 4.72. The molecule has 3 saturated heterocycles. The second-order valence-corrected chi connectivity index (χ2v) is 6.67. The molecule has 3 aliphatic heterocycles. The number of ether oxygens (including phenoxy) is 6. The summed E-state index contributed by atoms with van der Waals surface area (Å²) in [6.45, 7) is 14.1. The molecule has 8 nitrogen and oxygen atoms in total. The lowest BCUT2D eigenvalue weighted by molar-refractivity contribution is -0.902. The maximum atomic E-state index is 5.73. The number of hydrogen-bond acceptors (Lipinski definition) is 6. The number of quaternary nitrogens is 2. The highest BCUT2D eigenvalue weighted by atomic mass is 127. The molecule has 0 aromatic carbocycles. The van der Waals surface area contributed by atoms with Gasteiger partial charge in [-0.3, -0.25) is 0 Å². The molecule has 2 bridgehead atoms. The van der Waals surface area contributed by atoms with E-state index in [1.807, 2.05) is 0 Å². The Bertz CT molecular complexity index is 257. The highest BCUT2D eigenvalue weighted by molar-refractivity contribution is 4.41. The molecule has 0 amide bonds. The Balaban J connectivity index is 0.00000364. The summed E-state index contributed by atoms with van der Waals surface area (Å²) in [4.78, 5) is 2.88. The van der Waals surface area contributed by atoms with Crippen molar-refractivity contribution < 1.29 is 86.2 Å². The topological polar surface area (TPSA) is 64.3 Å². The first-order valence-corrected chi connectivity index (χ1v) is 10.1. The van der Waals surface area contributed by atoms with Crippen molar-refractivity contribution in [1.29, 1.82) is 0 Å². The maximum absolute atomic E-state index is 5.73. The lowest BCUT2D eigenvalue weighted by Crippen LogP contribution is -3.13. The van der Waals surface area contributed by atoms with Crippen LogP contribution in [0.1, 0.15) is 0 Å². The fourth-order valence-corrected chi connectivity index (χ4v) is 3.01. The second kappa shape index (κ2) is 21.4. The molecule has 28 heavy (non-hydrogen) atoms. The Morgan fingerprint density at radius 1 is 0.286 bits per heavy atom. The van der Waals surface area contributed by atoms with Gasteiger partial charge >= 0.3 is 0 Å². The molecule has 0 spiro atoms. The summed E-state index contributed by atoms with van der Waals surface area (Å²) in [6.07, 6.45) is 0. The maximum Gasteiger partial charge on any atom is 0.101 e. The molecular formula is C18H38I2N2O6. The molecule has 0 aromatic rings. The fourth-order valence-electron chi connectivity index (χ4n) is 3.01. The Kier molecular flexibility index (Phi) is 22.2. The number of hydrogen-bond donors (Lipinski definition) is 2. The van der Waals surface area contributed by atoms with Crippen molar-refractivity contribution in [2.75, 3.05) is 119 Å². The smallest absolute Gasteiger partial charge is 0.101 e. The fraction of sp³-hybridized carbons (Fsp3) is 1.00. The van der Waals surface area contributed by atoms with Gasteiger partial charge in [-0.2, -0.15) is 0 Å². The van der Waals surface area contributed by atoms with Crippen molar-refractivity contribution in [2.24, 2.45) is 0 Å². The minimum atomic E-state index is 0. The van der Waals surface area contributed by atoms with Crippen LogP contribution in [0.15, 0.2) is 0 Å². The lowest BCUT2D eigenvalue weighted by atomic mass is 10.4. The molecule has 0 aliphatic carbocycles. The van der Waals surface area contributed by atoms with Crippen molar-refractivity contribution in [3.63, 3.8) is 0 Å². The van der Waals surface area contributed by atoms with Gasteiger partial charge in [-0.1, -0.05) is 0 Å². The van der Waals surface area contributed by atoms with Gasteiger partial charge in [0.05, 0.1) is 79.3 Å². The van der Waals surface area contributed by atoms with Crippen molar-refractivity contribution in [2.45, 2.75) is 0 Å². The SMILES string of the molecule is C1COCC[NH+]2CCOCCOCC[NH+](CCO1)CCOCCOCC2.[I-].[I-]. The molecule has 0 atom stereocenters. The molecule has 3 aliphatic rings. The number of rotatable bonds is 0. The van der Waals surface area contributed by atoms with E-state index in [2.05, 4.69) is 0 Å². The van der Waals surface area contributed by atoms with E-state index in [1.54, 1.807) is 0 Å². The first-order valence-electron chi connectivity index (χ1n) is 10.1. The molecule has 3 fully saturated rings. The van der Waals surface area contributed by atoms with Gasteiger partial charge in [-0.15, -0.1) is 0 Å². The average molecular weight is 632 g/mol. The van der Waals surface area contributed by atoms with Crippen LogP contribution in [0.4, 0.5) is 0 Å². The Labute approximate surface area is 203 Å². The van der Waals surface area contributed by atoms with Crippen molar-refractivity contribution in [3.05, 3.63) is 0 Å². The Hall–Kier alpha value is 1.14. The molecule has 0 saturated carbocycles. The second-order valence-electron chi connectivity index (χ2n) is 6.67. The van der Waals surface area contributed by atoms with Crippen LogP contribution >= 0.6 is 0 Å². The molecule has 0 unspecified atom stereocenters. The van der Waals surface area contributed by atoms with Gasteiger partial charge < -0.3 is 86.2 Å². The summed E-state index contributed by atoms with van der Waals surface area (Å²) in [5.74, 6) is 0. The van der Waals surface area contributed by atoms with E-state index in [4.69, 9.17) is 28.4 Å². The van der Waals surface area contributed by atoms with E-state index in [0.717, 1.165) is 78.9 Å². The van der Waals surface area contributed by atoms with Crippen LogP contribution in [0.25, 0.3) is 0 Å². The minimum Gasteiger partial charge on any atom is -1.00 e. The van der Waals surface area contributed by atoms with Gasteiger partial charge in [0.1, 0.15) is 39.3 Å². The van der Waals surface area contributed by atoms with Crippen LogP contribution in [-0.2, 0) is 28.4 Å². The van der Waals surface area contributed by atoms with Gasteiger partial charge in [0.15, 0.2) is 0 Å². The predicted octanol–water partition coefficient (Wildman–Crippen LogP) is -9.11. The van der Waals surface area contributed by atoms with Crippen LogP contribution < -0.4 is 57.8 Å². The van der Waals surface area contributed by atoms with E-state index in [-0.39, 0.29) is 48.0 Å². The minimum absolute atomic E-state index is 0. The highest BCUT2D eigenvalue weighted by Gasteiger charge is 2.11. The van der Waals surface area contributed by atoms with Crippen LogP contribution in [-0.4, -0.2) is 119 Å². The molecule has 3 rings (SSSR count). The van der Waals surface area contributed by atoms with E-state index in [1.165, 1.54) is 9.80 Å². The Morgan fingerprint density at radius 2 is 0.464 bits per heavy atom. The van der Waals surface area contributed by atoms with Crippen LogP contribution in [0.2, 0.25) is 0 Å². The van der Waals surface area contributed by atoms with Crippen LogP contribution in [0.3, 0.4) is 0 Å². The summed E-state index contributed by atoms with van der Waals surface area (Å²) in [6, 6.07) is 0. The standard InChI is InChI=1S/C18H36N2O6.2HI/c1-7-21-13-14-24-10-4-20-5-11-25-17-15-22-8-2-19(1)3-9-23-16-18-26-12-6-20;;/h1-18H2;2*1H. The zero-order valence-corrected chi connectivity index (χ0v) is 21.2. The summed E-state index contributed by atoms with van der Waals surface area (Å²) in [5.41, 5.74) is 0. The summed E-state index contributed by atoms with van der Waals surface area (Å²) in [7, 11) is 0. The number of halogens is 2. The molecule has 10 heteroatoms. The van der Waals surface area contributed by atoms with Crippen molar-refractivity contribution in [1.82, 2.24) is 0 Å². The summed E-state index contributed by atoms with van der Waals surface area (Å²) >= 11 is 0. The molecule has 2 N–H and O–H groups in total. The summed E-state index contributed by atoms with van der Waals surface area (Å²) < 4.78 is 34.4. The third-order valence-corrected chi connectivity index (χ3v) is 4.72. The van der Waals surface area contributed by atoms with Crippen molar-refractivity contribution in [3.8, 4) is 0 Å². The van der Waals surface area contributed by atoms with Gasteiger partial charge in [0.2, 0.25) is 0 Å². The lowest BCUT2D eigenvalue weighted by Gasteiger charge is -2.22. The van der Waals surface area contributed by atoms with E-state index in [0.29, 0.717) is 39.6 Å².